The zero-order valence-electron chi connectivity index (χ0n) is 5.64. The third kappa shape index (κ3) is 9.99. The quantitative estimate of drug-likeness (QED) is 0.240. The summed E-state index contributed by atoms with van der Waals surface area (Å²) in [6.07, 6.45) is 0. The van der Waals surface area contributed by atoms with Crippen LogP contribution in [0.5, 0.6) is 0 Å². The van der Waals surface area contributed by atoms with Crippen LogP contribution in [-0.4, -0.2) is 42.8 Å². The Morgan fingerprint density at radius 3 is 1.62 bits per heavy atom. The molecule has 0 saturated carbocycles. The van der Waals surface area contributed by atoms with E-state index >= 15 is 0 Å². The fourth-order valence-electron chi connectivity index (χ4n) is 0.130. The van der Waals surface area contributed by atoms with Gasteiger partial charge in [0.2, 0.25) is 0 Å². The van der Waals surface area contributed by atoms with Crippen molar-refractivity contribution in [3.05, 3.63) is 0 Å². The van der Waals surface area contributed by atoms with Gasteiger partial charge in [0, 0.05) is 29.6 Å². The first-order valence-electron chi connectivity index (χ1n) is 2.32. The van der Waals surface area contributed by atoms with E-state index in [1.807, 2.05) is 13.8 Å². The Morgan fingerprint density at radius 1 is 1.00 bits per heavy atom. The molecule has 4 heteroatoms. The number of hydrogen-bond acceptors (Lipinski definition) is 3. The Hall–Kier alpha value is 0.880. The molecule has 1 radical (unpaired) electrons. The molecule has 0 unspecified atom stereocenters. The summed E-state index contributed by atoms with van der Waals surface area (Å²) >= 11 is 0. The summed E-state index contributed by atoms with van der Waals surface area (Å²) in [7, 11) is 0. The third-order valence-corrected chi connectivity index (χ3v) is 0.332. The monoisotopic (exact) mass is 129 g/mol. The fourth-order valence-corrected chi connectivity index (χ4v) is 0.130. The molecule has 0 N–H and O–H groups in total. The molecule has 0 aromatic heterocycles. The second-order valence-corrected chi connectivity index (χ2v) is 0.881. The second kappa shape index (κ2) is 10.8. The molecule has 8 heavy (non-hydrogen) atoms. The van der Waals surface area contributed by atoms with E-state index in [2.05, 4.69) is 14.8 Å². The van der Waals surface area contributed by atoms with Crippen molar-refractivity contribution in [1.29, 1.82) is 0 Å². The summed E-state index contributed by atoms with van der Waals surface area (Å²) in [6.45, 7) is 4.66. The van der Waals surface area contributed by atoms with Crippen molar-refractivity contribution in [2.24, 2.45) is 0 Å². The Morgan fingerprint density at radius 2 is 1.38 bits per heavy atom. The largest absolute Gasteiger partial charge is 0.206 e. The minimum atomic E-state index is 0. The van der Waals surface area contributed by atoms with Crippen LogP contribution in [0.4, 0.5) is 0 Å². The zero-order valence-corrected chi connectivity index (χ0v) is 7.64. The predicted molar refractivity (Wildman–Crippen MR) is 30.1 cm³/mol. The van der Waals surface area contributed by atoms with Crippen LogP contribution in [-0.2, 0) is 14.8 Å². The van der Waals surface area contributed by atoms with Crippen molar-refractivity contribution < 1.29 is 14.8 Å². The van der Waals surface area contributed by atoms with Gasteiger partial charge in [-0.25, -0.2) is 9.78 Å². The van der Waals surface area contributed by atoms with Gasteiger partial charge in [0.05, 0.1) is 13.2 Å². The first-order valence-corrected chi connectivity index (χ1v) is 2.32. The van der Waals surface area contributed by atoms with Gasteiger partial charge in [-0.2, -0.15) is 0 Å². The van der Waals surface area contributed by atoms with E-state index in [-0.39, 0.29) is 29.6 Å². The molecule has 0 rings (SSSR count). The van der Waals surface area contributed by atoms with Crippen LogP contribution in [0.2, 0.25) is 0 Å². The van der Waals surface area contributed by atoms with E-state index in [1.54, 1.807) is 0 Å². The molecule has 0 bridgehead atoms. The minimum absolute atomic E-state index is 0. The summed E-state index contributed by atoms with van der Waals surface area (Å²) in [5, 5.41) is 4.13. The molecule has 0 fully saturated rings. The summed E-state index contributed by atoms with van der Waals surface area (Å²) in [5.74, 6) is 0. The van der Waals surface area contributed by atoms with Crippen molar-refractivity contribution in [1.82, 2.24) is 0 Å². The van der Waals surface area contributed by atoms with Gasteiger partial charge in [0.25, 0.3) is 0 Å². The Bertz CT molecular complexity index is 30.5. The third-order valence-electron chi connectivity index (χ3n) is 0.332. The van der Waals surface area contributed by atoms with Crippen LogP contribution in [0.25, 0.3) is 0 Å². The van der Waals surface area contributed by atoms with Crippen LogP contribution in [0.3, 0.4) is 0 Å². The van der Waals surface area contributed by atoms with Crippen molar-refractivity contribution >= 4 is 29.6 Å². The van der Waals surface area contributed by atoms with Crippen molar-refractivity contribution in [2.45, 2.75) is 13.8 Å². The average molecular weight is 129 g/mol. The average Bonchev–Trinajstić information content (AvgIpc) is 1.69. The summed E-state index contributed by atoms with van der Waals surface area (Å²) < 4.78 is 0. The van der Waals surface area contributed by atoms with Gasteiger partial charge in [-0.15, -0.1) is 0 Å². The van der Waals surface area contributed by atoms with E-state index in [1.165, 1.54) is 0 Å². The van der Waals surface area contributed by atoms with Crippen molar-refractivity contribution in [3.63, 3.8) is 0 Å². The molecule has 0 heterocycles. The molecule has 0 atom stereocenters. The normalized spacial score (nSPS) is 8.25. The van der Waals surface area contributed by atoms with Gasteiger partial charge in [-0.3, -0.25) is 0 Å². The van der Waals surface area contributed by atoms with E-state index < -0.39 is 0 Å². The summed E-state index contributed by atoms with van der Waals surface area (Å²) in [4.78, 5) is 8.70. The van der Waals surface area contributed by atoms with Crippen molar-refractivity contribution in [2.75, 3.05) is 13.2 Å². The topological polar surface area (TPSA) is 27.7 Å². The van der Waals surface area contributed by atoms with Crippen LogP contribution < -0.4 is 0 Å². The Balaban J connectivity index is 0. The zero-order chi connectivity index (χ0) is 5.54. The van der Waals surface area contributed by atoms with Gasteiger partial charge >= 0.3 is 0 Å². The molecule has 0 aliphatic rings. The van der Waals surface area contributed by atoms with Gasteiger partial charge in [0.15, 0.2) is 0 Å². The molecule has 0 saturated heterocycles. The van der Waals surface area contributed by atoms with E-state index in [4.69, 9.17) is 0 Å². The van der Waals surface area contributed by atoms with Crippen LogP contribution in [0.1, 0.15) is 13.8 Å². The molecular formula is C4H10NaO3. The molecule has 0 aliphatic carbocycles. The van der Waals surface area contributed by atoms with Gasteiger partial charge in [-0.05, 0) is 13.8 Å². The first-order chi connectivity index (χ1) is 3.41. The standard InChI is InChI=1S/C4H10O3.Na/c1-3-5-7-6-4-2;/h3-4H2,1-2H3;. The van der Waals surface area contributed by atoms with E-state index in [0.29, 0.717) is 13.2 Å². The van der Waals surface area contributed by atoms with Gasteiger partial charge in [0.1, 0.15) is 0 Å². The maximum atomic E-state index is 4.35. The molecule has 0 aromatic carbocycles. The fraction of sp³-hybridized carbons (Fsp3) is 1.00. The first kappa shape index (κ1) is 11.6. The van der Waals surface area contributed by atoms with Gasteiger partial charge < -0.3 is 0 Å². The Labute approximate surface area is 71.4 Å². The predicted octanol–water partition coefficient (Wildman–Crippen LogP) is 0.525. The second-order valence-electron chi connectivity index (χ2n) is 0.881. The number of rotatable bonds is 4. The minimum Gasteiger partial charge on any atom is -0.206 e. The molecule has 45 valence electrons. The molecule has 0 aliphatic heterocycles. The molecule has 0 spiro atoms. The van der Waals surface area contributed by atoms with Crippen molar-refractivity contribution in [3.8, 4) is 0 Å². The smallest absolute Gasteiger partial charge is 0.0825 e. The molecule has 0 aromatic rings. The van der Waals surface area contributed by atoms with Crippen LogP contribution in [0.15, 0.2) is 0 Å². The van der Waals surface area contributed by atoms with Gasteiger partial charge in [-0.1, -0.05) is 5.04 Å². The maximum absolute atomic E-state index is 4.35. The molecular weight excluding hydrogens is 119 g/mol. The summed E-state index contributed by atoms with van der Waals surface area (Å²) in [5.41, 5.74) is 0. The SMILES string of the molecule is CCOOOCC.[Na]. The Kier molecular flexibility index (Phi) is 15.7. The summed E-state index contributed by atoms with van der Waals surface area (Å²) in [6, 6.07) is 0. The number of hydrogen-bond donors (Lipinski definition) is 0. The molecule has 0 amide bonds. The maximum Gasteiger partial charge on any atom is 0.0825 e. The molecule has 3 nitrogen and oxygen atoms in total. The van der Waals surface area contributed by atoms with Crippen LogP contribution in [0, 0.1) is 0 Å². The van der Waals surface area contributed by atoms with E-state index in [0.717, 1.165) is 0 Å². The van der Waals surface area contributed by atoms with Crippen LogP contribution >= 0.6 is 0 Å². The van der Waals surface area contributed by atoms with E-state index in [9.17, 15) is 0 Å².